The van der Waals surface area contributed by atoms with Gasteiger partial charge >= 0.3 is 0 Å². The van der Waals surface area contributed by atoms with E-state index in [0.717, 1.165) is 25.4 Å². The van der Waals surface area contributed by atoms with Crippen LogP contribution in [0.1, 0.15) is 38.4 Å². The predicted molar refractivity (Wildman–Crippen MR) is 80.4 cm³/mol. The number of nitrogens with zero attached hydrogens (tertiary/aromatic N) is 2. The zero-order valence-corrected chi connectivity index (χ0v) is 12.6. The largest absolute Gasteiger partial charge is 0.468 e. The Morgan fingerprint density at radius 2 is 2.35 bits per heavy atom. The summed E-state index contributed by atoms with van der Waals surface area (Å²) in [5, 5.41) is 0. The smallest absolute Gasteiger partial charge is 0.117 e. The van der Waals surface area contributed by atoms with E-state index in [0.29, 0.717) is 6.04 Å². The number of piperidine rings is 1. The van der Waals surface area contributed by atoms with Gasteiger partial charge in [-0.2, -0.15) is 0 Å². The van der Waals surface area contributed by atoms with Crippen molar-refractivity contribution in [3.05, 3.63) is 24.2 Å². The third kappa shape index (κ3) is 2.30. The van der Waals surface area contributed by atoms with Crippen LogP contribution in [0.15, 0.2) is 22.8 Å². The van der Waals surface area contributed by atoms with E-state index >= 15 is 0 Å². The molecule has 0 radical (unpaired) electrons. The lowest BCUT2D eigenvalue weighted by Gasteiger charge is -2.47. The van der Waals surface area contributed by atoms with Crippen molar-refractivity contribution in [3.63, 3.8) is 0 Å². The Kier molecular flexibility index (Phi) is 4.15. The highest BCUT2D eigenvalue weighted by molar-refractivity contribution is 5.10. The van der Waals surface area contributed by atoms with E-state index in [9.17, 15) is 0 Å². The quantitative estimate of drug-likeness (QED) is 0.895. The highest BCUT2D eigenvalue weighted by Gasteiger charge is 2.50. The highest BCUT2D eigenvalue weighted by Crippen LogP contribution is 2.39. The van der Waals surface area contributed by atoms with E-state index in [1.807, 2.05) is 6.07 Å². The molecule has 0 saturated carbocycles. The molecule has 2 atom stereocenters. The minimum Gasteiger partial charge on any atom is -0.468 e. The summed E-state index contributed by atoms with van der Waals surface area (Å²) in [6.45, 7) is 7.36. The Morgan fingerprint density at radius 1 is 1.45 bits per heavy atom. The van der Waals surface area contributed by atoms with Crippen molar-refractivity contribution in [2.45, 2.75) is 50.7 Å². The molecule has 20 heavy (non-hydrogen) atoms. The fourth-order valence-electron chi connectivity index (χ4n) is 4.28. The first-order valence-electron chi connectivity index (χ1n) is 8.01. The summed E-state index contributed by atoms with van der Waals surface area (Å²) >= 11 is 0. The Balaban J connectivity index is 1.82. The van der Waals surface area contributed by atoms with E-state index in [4.69, 9.17) is 10.2 Å². The van der Waals surface area contributed by atoms with Gasteiger partial charge in [-0.25, -0.2) is 0 Å². The lowest BCUT2D eigenvalue weighted by Crippen LogP contribution is -2.61. The first kappa shape index (κ1) is 14.1. The van der Waals surface area contributed by atoms with Gasteiger partial charge in [-0.3, -0.25) is 9.80 Å². The summed E-state index contributed by atoms with van der Waals surface area (Å²) in [4.78, 5) is 5.23. The molecule has 3 heterocycles. The number of furan rings is 1. The molecule has 2 aliphatic rings. The highest BCUT2D eigenvalue weighted by atomic mass is 16.3. The molecular weight excluding hydrogens is 250 g/mol. The van der Waals surface area contributed by atoms with E-state index in [2.05, 4.69) is 22.8 Å². The number of likely N-dealkylation sites (N-methyl/N-ethyl adjacent to an activating group) is 1. The van der Waals surface area contributed by atoms with Gasteiger partial charge in [-0.05, 0) is 44.5 Å². The van der Waals surface area contributed by atoms with Gasteiger partial charge in [-0.1, -0.05) is 13.3 Å². The van der Waals surface area contributed by atoms with Crippen LogP contribution in [0.3, 0.4) is 0 Å². The Labute approximate surface area is 121 Å². The second-order valence-electron chi connectivity index (χ2n) is 6.20. The van der Waals surface area contributed by atoms with Gasteiger partial charge in [-0.15, -0.1) is 0 Å². The summed E-state index contributed by atoms with van der Waals surface area (Å²) < 4.78 is 5.55. The van der Waals surface area contributed by atoms with Crippen LogP contribution in [0.4, 0.5) is 0 Å². The third-order valence-corrected chi connectivity index (χ3v) is 5.36. The Bertz CT molecular complexity index is 419. The maximum absolute atomic E-state index is 6.28. The topological polar surface area (TPSA) is 45.6 Å². The van der Waals surface area contributed by atoms with Crippen molar-refractivity contribution in [2.75, 3.05) is 26.2 Å². The zero-order valence-electron chi connectivity index (χ0n) is 12.6. The third-order valence-electron chi connectivity index (χ3n) is 5.36. The Morgan fingerprint density at radius 3 is 3.05 bits per heavy atom. The van der Waals surface area contributed by atoms with Gasteiger partial charge in [0.2, 0.25) is 0 Å². The van der Waals surface area contributed by atoms with Crippen molar-refractivity contribution in [1.29, 1.82) is 0 Å². The van der Waals surface area contributed by atoms with E-state index < -0.39 is 0 Å². The van der Waals surface area contributed by atoms with Crippen LogP contribution in [-0.4, -0.2) is 47.6 Å². The molecule has 1 aromatic rings. The molecular formula is C16H27N3O. The number of fused-ring (bicyclic) bond motifs is 1. The summed E-state index contributed by atoms with van der Waals surface area (Å²) in [6, 6.07) is 4.68. The minimum atomic E-state index is 0.141. The molecule has 1 aromatic heterocycles. The van der Waals surface area contributed by atoms with E-state index in [1.54, 1.807) is 6.26 Å². The van der Waals surface area contributed by atoms with Gasteiger partial charge < -0.3 is 10.2 Å². The molecule has 0 aliphatic carbocycles. The molecule has 2 fully saturated rings. The fourth-order valence-corrected chi connectivity index (χ4v) is 4.28. The van der Waals surface area contributed by atoms with Crippen molar-refractivity contribution in [1.82, 2.24) is 9.80 Å². The summed E-state index contributed by atoms with van der Waals surface area (Å²) in [5.41, 5.74) is 6.42. The van der Waals surface area contributed by atoms with Crippen molar-refractivity contribution >= 4 is 0 Å². The molecule has 4 nitrogen and oxygen atoms in total. The monoisotopic (exact) mass is 277 g/mol. The van der Waals surface area contributed by atoms with Gasteiger partial charge in [0.15, 0.2) is 0 Å². The van der Waals surface area contributed by atoms with Crippen LogP contribution in [-0.2, 0) is 6.54 Å². The van der Waals surface area contributed by atoms with Crippen LogP contribution < -0.4 is 5.73 Å². The maximum atomic E-state index is 6.28. The van der Waals surface area contributed by atoms with Crippen LogP contribution in [0.5, 0.6) is 0 Å². The lowest BCUT2D eigenvalue weighted by atomic mass is 9.83. The molecule has 2 N–H and O–H groups in total. The molecule has 0 spiro atoms. The van der Waals surface area contributed by atoms with Gasteiger partial charge in [0.1, 0.15) is 5.76 Å². The molecule has 0 amide bonds. The number of hydrogen-bond donors (Lipinski definition) is 1. The average Bonchev–Trinajstić information content (AvgIpc) is 3.13. The fraction of sp³-hybridized carbons (Fsp3) is 0.750. The van der Waals surface area contributed by atoms with E-state index in [1.165, 1.54) is 38.8 Å². The Hall–Kier alpha value is -0.840. The van der Waals surface area contributed by atoms with E-state index in [-0.39, 0.29) is 5.54 Å². The molecule has 4 heteroatoms. The zero-order chi connectivity index (χ0) is 14.0. The maximum Gasteiger partial charge on any atom is 0.117 e. The van der Waals surface area contributed by atoms with Crippen LogP contribution in [0.2, 0.25) is 0 Å². The first-order chi connectivity index (χ1) is 9.80. The summed E-state index contributed by atoms with van der Waals surface area (Å²) in [6.07, 6.45) is 6.96. The van der Waals surface area contributed by atoms with Crippen molar-refractivity contribution in [2.24, 2.45) is 5.73 Å². The molecule has 3 rings (SSSR count). The molecule has 0 aromatic carbocycles. The SMILES string of the molecule is CCN(Cc1ccco1)C1(CN)CCN2CCCCC21. The van der Waals surface area contributed by atoms with Gasteiger partial charge in [0, 0.05) is 19.1 Å². The number of nitrogens with two attached hydrogens (primary N) is 1. The van der Waals surface area contributed by atoms with Crippen LogP contribution in [0.25, 0.3) is 0 Å². The summed E-state index contributed by atoms with van der Waals surface area (Å²) in [5.74, 6) is 1.05. The molecule has 112 valence electrons. The minimum absolute atomic E-state index is 0.141. The predicted octanol–water partition coefficient (Wildman–Crippen LogP) is 2.06. The second kappa shape index (κ2) is 5.88. The number of rotatable bonds is 5. The molecule has 2 aliphatic heterocycles. The van der Waals surface area contributed by atoms with Gasteiger partial charge in [0.05, 0.1) is 18.3 Å². The number of hydrogen-bond acceptors (Lipinski definition) is 4. The molecule has 2 saturated heterocycles. The second-order valence-corrected chi connectivity index (χ2v) is 6.20. The van der Waals surface area contributed by atoms with Crippen molar-refractivity contribution < 1.29 is 4.42 Å². The van der Waals surface area contributed by atoms with Crippen LogP contribution in [0, 0.1) is 0 Å². The molecule has 0 bridgehead atoms. The standard InChI is InChI=1S/C16H27N3O/c1-2-19(12-14-6-5-11-20-14)16(13-17)8-10-18-9-4-3-7-15(16)18/h5-6,11,15H,2-4,7-10,12-13,17H2,1H3. The average molecular weight is 277 g/mol. The summed E-state index contributed by atoms with van der Waals surface area (Å²) in [7, 11) is 0. The normalized spacial score (nSPS) is 30.9. The first-order valence-corrected chi connectivity index (χ1v) is 8.01. The van der Waals surface area contributed by atoms with Gasteiger partial charge in [0.25, 0.3) is 0 Å². The lowest BCUT2D eigenvalue weighted by molar-refractivity contribution is 0.0309. The molecule has 2 unspecified atom stereocenters. The van der Waals surface area contributed by atoms with Crippen molar-refractivity contribution in [3.8, 4) is 0 Å². The van der Waals surface area contributed by atoms with Crippen LogP contribution >= 0.6 is 0 Å².